The number of nitrogen functional groups attached to an aromatic ring is 1. The minimum atomic E-state index is -0.165. The fourth-order valence-corrected chi connectivity index (χ4v) is 3.06. The van der Waals surface area contributed by atoms with E-state index in [1.807, 2.05) is 5.38 Å². The Morgan fingerprint density at radius 3 is 2.52 bits per heavy atom. The second kappa shape index (κ2) is 8.12. The number of fused-ring (bicyclic) bond motifs is 1. The first-order valence-corrected chi connectivity index (χ1v) is 8.15. The van der Waals surface area contributed by atoms with E-state index in [1.54, 1.807) is 23.5 Å². The van der Waals surface area contributed by atoms with Crippen LogP contribution in [-0.2, 0) is 16.6 Å². The molecule has 3 N–H and O–H groups in total. The maximum atomic E-state index is 12.2. The lowest BCUT2D eigenvalue weighted by Crippen LogP contribution is -2.16. The van der Waals surface area contributed by atoms with Gasteiger partial charge in [-0.2, -0.15) is 0 Å². The van der Waals surface area contributed by atoms with Crippen molar-refractivity contribution >= 4 is 53.4 Å². The van der Waals surface area contributed by atoms with E-state index < -0.39 is 0 Å². The smallest absolute Gasteiger partial charge is 0.231 e. The molecule has 1 amide bonds. The lowest BCUT2D eigenvalue weighted by Gasteiger charge is -2.13. The molecule has 138 valence electrons. The molecular weight excluding hydrogens is 385 g/mol. The molecule has 0 bridgehead atoms. The van der Waals surface area contributed by atoms with Gasteiger partial charge in [-0.25, -0.2) is 4.98 Å². The van der Waals surface area contributed by atoms with Crippen LogP contribution >= 0.6 is 36.2 Å². The highest BCUT2D eigenvalue weighted by molar-refractivity contribution is 7.09. The Hall–Kier alpha value is -1.70. The monoisotopic (exact) mass is 405 g/mol. The summed E-state index contributed by atoms with van der Waals surface area (Å²) in [5, 5.41) is 5.74. The van der Waals surface area contributed by atoms with Gasteiger partial charge in [0.25, 0.3) is 0 Å². The molecule has 1 aliphatic heterocycles. The molecule has 25 heavy (non-hydrogen) atoms. The number of anilines is 2. The Kier molecular flexibility index (Phi) is 6.93. The van der Waals surface area contributed by atoms with Gasteiger partial charge in [-0.3, -0.25) is 4.79 Å². The Labute approximate surface area is 162 Å². The molecule has 9 heteroatoms. The van der Waals surface area contributed by atoms with Gasteiger partial charge in [-0.05, 0) is 0 Å². The maximum Gasteiger partial charge on any atom is 0.231 e. The van der Waals surface area contributed by atoms with E-state index in [4.69, 9.17) is 15.2 Å². The molecule has 0 saturated carbocycles. The summed E-state index contributed by atoms with van der Waals surface area (Å²) >= 11 is 1.57. The number of halogens is 2. The van der Waals surface area contributed by atoms with Crippen LogP contribution in [0.2, 0.25) is 0 Å². The fourth-order valence-electron chi connectivity index (χ4n) is 2.16. The molecule has 0 saturated heterocycles. The van der Waals surface area contributed by atoms with E-state index in [1.165, 1.54) is 0 Å². The second-order valence-electron chi connectivity index (χ2n) is 6.41. The number of rotatable bonds is 3. The molecule has 1 aromatic heterocycles. The van der Waals surface area contributed by atoms with E-state index >= 15 is 0 Å². The summed E-state index contributed by atoms with van der Waals surface area (Å²) in [5.74, 6) is 1.01. The van der Waals surface area contributed by atoms with Gasteiger partial charge < -0.3 is 20.5 Å². The number of aromatic nitrogens is 1. The molecule has 1 aliphatic rings. The van der Waals surface area contributed by atoms with Crippen LogP contribution in [0, 0.1) is 0 Å². The van der Waals surface area contributed by atoms with Crippen LogP contribution in [0.25, 0.3) is 0 Å². The first-order chi connectivity index (χ1) is 10.8. The molecule has 0 spiro atoms. The summed E-state index contributed by atoms with van der Waals surface area (Å²) in [5.41, 5.74) is 7.64. The Morgan fingerprint density at radius 2 is 1.92 bits per heavy atom. The van der Waals surface area contributed by atoms with Crippen LogP contribution in [0.1, 0.15) is 31.5 Å². The quantitative estimate of drug-likeness (QED) is 0.758. The molecule has 2 aromatic rings. The van der Waals surface area contributed by atoms with Gasteiger partial charge in [-0.15, -0.1) is 36.2 Å². The zero-order valence-corrected chi connectivity index (χ0v) is 16.6. The average Bonchev–Trinajstić information content (AvgIpc) is 3.07. The van der Waals surface area contributed by atoms with Gasteiger partial charge in [0.2, 0.25) is 12.7 Å². The van der Waals surface area contributed by atoms with Crippen molar-refractivity contribution in [2.75, 3.05) is 17.8 Å². The van der Waals surface area contributed by atoms with Gasteiger partial charge in [-0.1, -0.05) is 20.8 Å². The number of nitrogens with two attached hydrogens (primary N) is 1. The number of amides is 1. The van der Waals surface area contributed by atoms with Crippen molar-refractivity contribution < 1.29 is 14.3 Å². The number of nitrogens with zero attached hydrogens (tertiary/aromatic N) is 1. The molecule has 0 unspecified atom stereocenters. The molecular formula is C16H21Cl2N3O3S. The third kappa shape index (κ3) is 4.90. The van der Waals surface area contributed by atoms with E-state index in [0.29, 0.717) is 22.9 Å². The number of nitrogens with one attached hydrogen (secondary N) is 1. The number of ether oxygens (including phenoxy) is 2. The Bertz CT molecular complexity index is 760. The van der Waals surface area contributed by atoms with Crippen LogP contribution < -0.4 is 20.5 Å². The summed E-state index contributed by atoms with van der Waals surface area (Å²) in [6.45, 7) is 6.47. The van der Waals surface area contributed by atoms with Crippen molar-refractivity contribution in [3.05, 3.63) is 28.2 Å². The predicted molar refractivity (Wildman–Crippen MR) is 105 cm³/mol. The topological polar surface area (TPSA) is 86.5 Å². The van der Waals surface area contributed by atoms with Crippen molar-refractivity contribution in [2.24, 2.45) is 0 Å². The highest BCUT2D eigenvalue weighted by Gasteiger charge is 2.20. The van der Waals surface area contributed by atoms with Crippen molar-refractivity contribution in [1.29, 1.82) is 0 Å². The number of carbonyl (C=O) groups is 1. The molecule has 0 aliphatic carbocycles. The zero-order valence-electron chi connectivity index (χ0n) is 14.1. The van der Waals surface area contributed by atoms with Crippen LogP contribution in [-0.4, -0.2) is 17.7 Å². The minimum Gasteiger partial charge on any atom is -0.454 e. The van der Waals surface area contributed by atoms with Crippen LogP contribution in [0.15, 0.2) is 17.5 Å². The third-order valence-corrected chi connectivity index (χ3v) is 4.67. The summed E-state index contributed by atoms with van der Waals surface area (Å²) in [7, 11) is 0. The Balaban J connectivity index is 0.00000156. The predicted octanol–water partition coefficient (Wildman–Crippen LogP) is 3.78. The van der Waals surface area contributed by atoms with Crippen molar-refractivity contribution in [1.82, 2.24) is 4.98 Å². The molecule has 0 atom stereocenters. The molecule has 3 rings (SSSR count). The van der Waals surface area contributed by atoms with Crippen molar-refractivity contribution in [2.45, 2.75) is 32.6 Å². The van der Waals surface area contributed by atoms with E-state index in [-0.39, 0.29) is 49.4 Å². The minimum absolute atomic E-state index is 0. The highest BCUT2D eigenvalue weighted by atomic mass is 35.5. The summed E-state index contributed by atoms with van der Waals surface area (Å²) < 4.78 is 10.5. The SMILES string of the molecule is CC(C)(C)c1nc(CC(=O)Nc2cc3c(cc2N)OCO3)cs1.Cl.Cl. The summed E-state index contributed by atoms with van der Waals surface area (Å²) in [4.78, 5) is 16.7. The largest absolute Gasteiger partial charge is 0.454 e. The highest BCUT2D eigenvalue weighted by Crippen LogP contribution is 2.38. The number of carbonyl (C=O) groups excluding carboxylic acids is 1. The van der Waals surface area contributed by atoms with Gasteiger partial charge >= 0.3 is 0 Å². The third-order valence-electron chi connectivity index (χ3n) is 3.35. The molecule has 1 aromatic carbocycles. The average molecular weight is 406 g/mol. The first-order valence-electron chi connectivity index (χ1n) is 7.27. The van der Waals surface area contributed by atoms with Gasteiger partial charge in [0, 0.05) is 22.9 Å². The van der Waals surface area contributed by atoms with Crippen molar-refractivity contribution in [3.63, 3.8) is 0 Å². The second-order valence-corrected chi connectivity index (χ2v) is 7.27. The van der Waals surface area contributed by atoms with Crippen LogP contribution in [0.4, 0.5) is 11.4 Å². The Morgan fingerprint density at radius 1 is 1.28 bits per heavy atom. The van der Waals surface area contributed by atoms with Crippen LogP contribution in [0.5, 0.6) is 11.5 Å². The number of thiazole rings is 1. The lowest BCUT2D eigenvalue weighted by molar-refractivity contribution is -0.115. The number of hydrogen-bond acceptors (Lipinski definition) is 6. The normalized spacial score (nSPS) is 12.1. The van der Waals surface area contributed by atoms with E-state index in [9.17, 15) is 4.79 Å². The summed E-state index contributed by atoms with van der Waals surface area (Å²) in [6, 6.07) is 3.33. The van der Waals surface area contributed by atoms with Gasteiger partial charge in [0.1, 0.15) is 0 Å². The standard InChI is InChI=1S/C16H19N3O3S.2ClH/c1-16(2,3)15-18-9(7-23-15)4-14(20)19-11-6-13-12(5-10(11)17)21-8-22-13;;/h5-7H,4,8,17H2,1-3H3,(H,19,20);2*1H. The van der Waals surface area contributed by atoms with Crippen LogP contribution in [0.3, 0.4) is 0 Å². The fraction of sp³-hybridized carbons (Fsp3) is 0.375. The van der Waals surface area contributed by atoms with Gasteiger partial charge in [0.05, 0.1) is 28.5 Å². The molecule has 0 radical (unpaired) electrons. The zero-order chi connectivity index (χ0) is 16.6. The van der Waals surface area contributed by atoms with Crippen molar-refractivity contribution in [3.8, 4) is 11.5 Å². The molecule has 2 heterocycles. The number of hydrogen-bond donors (Lipinski definition) is 2. The first kappa shape index (κ1) is 21.3. The maximum absolute atomic E-state index is 12.2. The number of benzene rings is 1. The van der Waals surface area contributed by atoms with Gasteiger partial charge in [0.15, 0.2) is 11.5 Å². The summed E-state index contributed by atoms with van der Waals surface area (Å²) in [6.07, 6.45) is 0.209. The molecule has 6 nitrogen and oxygen atoms in total. The van der Waals surface area contributed by atoms with E-state index in [2.05, 4.69) is 31.1 Å². The molecule has 0 fully saturated rings. The van der Waals surface area contributed by atoms with E-state index in [0.717, 1.165) is 10.7 Å². The lowest BCUT2D eigenvalue weighted by atomic mass is 9.98.